The van der Waals surface area contributed by atoms with Gasteiger partial charge in [0.25, 0.3) is 0 Å². The lowest BCUT2D eigenvalue weighted by atomic mass is 9.88. The Hall–Kier alpha value is -1.72. The predicted octanol–water partition coefficient (Wildman–Crippen LogP) is 3.82. The fourth-order valence-corrected chi connectivity index (χ4v) is 3.52. The summed E-state index contributed by atoms with van der Waals surface area (Å²) in [6, 6.07) is 12.3. The molecule has 104 valence electrons. The lowest BCUT2D eigenvalue weighted by Crippen LogP contribution is -2.24. The van der Waals surface area contributed by atoms with Gasteiger partial charge in [-0.3, -0.25) is 10.1 Å². The lowest BCUT2D eigenvalue weighted by Gasteiger charge is -2.26. The highest BCUT2D eigenvalue weighted by molar-refractivity contribution is 7.15. The van der Waals surface area contributed by atoms with Gasteiger partial charge in [-0.1, -0.05) is 35.6 Å². The molecule has 1 N–H and O–H groups in total. The zero-order valence-corrected chi connectivity index (χ0v) is 11.9. The Labute approximate surface area is 121 Å². The molecule has 0 aliphatic heterocycles. The smallest absolute Gasteiger partial charge is 0.305 e. The van der Waals surface area contributed by atoms with E-state index in [0.717, 1.165) is 17.7 Å². The lowest BCUT2D eigenvalue weighted by molar-refractivity contribution is -0.380. The molecule has 0 saturated heterocycles. The van der Waals surface area contributed by atoms with Crippen molar-refractivity contribution in [1.29, 1.82) is 0 Å². The molecule has 0 fully saturated rings. The van der Waals surface area contributed by atoms with E-state index < -0.39 is 0 Å². The molecular formula is C15H16N2O2S. The summed E-state index contributed by atoms with van der Waals surface area (Å²) in [5.41, 5.74) is 2.80. The van der Waals surface area contributed by atoms with Gasteiger partial charge in [0.1, 0.15) is 0 Å². The van der Waals surface area contributed by atoms with Crippen molar-refractivity contribution in [2.45, 2.75) is 31.8 Å². The molecule has 1 aliphatic carbocycles. The summed E-state index contributed by atoms with van der Waals surface area (Å²) in [5, 5.41) is 14.4. The van der Waals surface area contributed by atoms with Crippen LogP contribution in [0.1, 0.15) is 34.9 Å². The molecule has 1 aliphatic rings. The summed E-state index contributed by atoms with van der Waals surface area (Å²) in [5.74, 6) is 0. The van der Waals surface area contributed by atoms with Gasteiger partial charge in [-0.05, 0) is 36.5 Å². The molecule has 0 spiro atoms. The van der Waals surface area contributed by atoms with Gasteiger partial charge in [-0.25, -0.2) is 0 Å². The first-order chi connectivity index (χ1) is 9.74. The van der Waals surface area contributed by atoms with E-state index in [9.17, 15) is 10.1 Å². The van der Waals surface area contributed by atoms with E-state index in [0.29, 0.717) is 12.6 Å². The fourth-order valence-electron chi connectivity index (χ4n) is 2.75. The van der Waals surface area contributed by atoms with Gasteiger partial charge in [-0.2, -0.15) is 0 Å². The normalized spacial score (nSPS) is 17.7. The van der Waals surface area contributed by atoms with E-state index in [1.807, 2.05) is 6.07 Å². The Kier molecular flexibility index (Phi) is 3.80. The first-order valence-electron chi connectivity index (χ1n) is 6.78. The number of fused-ring (bicyclic) bond motifs is 1. The Balaban J connectivity index is 1.68. The second-order valence-corrected chi connectivity index (χ2v) is 6.17. The molecule has 0 amide bonds. The summed E-state index contributed by atoms with van der Waals surface area (Å²) < 4.78 is 0. The maximum Gasteiger partial charge on any atom is 0.324 e. The SMILES string of the molecule is O=[N+]([O-])c1ccc(CNC2CCCc3ccccc32)s1. The number of hydrogen-bond acceptors (Lipinski definition) is 4. The van der Waals surface area contributed by atoms with Crippen LogP contribution >= 0.6 is 11.3 Å². The molecule has 1 aromatic carbocycles. The van der Waals surface area contributed by atoms with Gasteiger partial charge in [-0.15, -0.1) is 0 Å². The van der Waals surface area contributed by atoms with Crippen LogP contribution < -0.4 is 5.32 Å². The number of benzene rings is 1. The Morgan fingerprint density at radius 2 is 2.15 bits per heavy atom. The van der Waals surface area contributed by atoms with Gasteiger partial charge in [0.2, 0.25) is 0 Å². The molecular weight excluding hydrogens is 272 g/mol. The fraction of sp³-hybridized carbons (Fsp3) is 0.333. The van der Waals surface area contributed by atoms with Crippen molar-refractivity contribution in [2.75, 3.05) is 0 Å². The van der Waals surface area contributed by atoms with Crippen LogP contribution in [0.25, 0.3) is 0 Å². The summed E-state index contributed by atoms with van der Waals surface area (Å²) in [7, 11) is 0. The summed E-state index contributed by atoms with van der Waals surface area (Å²) in [6.07, 6.45) is 3.47. The average Bonchev–Trinajstić information content (AvgIpc) is 2.94. The summed E-state index contributed by atoms with van der Waals surface area (Å²) in [4.78, 5) is 11.4. The average molecular weight is 288 g/mol. The van der Waals surface area contributed by atoms with E-state index in [4.69, 9.17) is 0 Å². The van der Waals surface area contributed by atoms with Crippen LogP contribution in [0.4, 0.5) is 5.00 Å². The van der Waals surface area contributed by atoms with Crippen molar-refractivity contribution < 1.29 is 4.92 Å². The number of nitro groups is 1. The first-order valence-corrected chi connectivity index (χ1v) is 7.60. The third-order valence-electron chi connectivity index (χ3n) is 3.72. The van der Waals surface area contributed by atoms with E-state index >= 15 is 0 Å². The Bertz CT molecular complexity index is 624. The van der Waals surface area contributed by atoms with Gasteiger partial charge < -0.3 is 5.32 Å². The molecule has 0 bridgehead atoms. The van der Waals surface area contributed by atoms with Gasteiger partial charge in [0.05, 0.1) is 4.92 Å². The molecule has 3 rings (SSSR count). The Morgan fingerprint density at radius 3 is 2.95 bits per heavy atom. The van der Waals surface area contributed by atoms with E-state index in [2.05, 4.69) is 29.6 Å². The van der Waals surface area contributed by atoms with E-state index in [-0.39, 0.29) is 9.92 Å². The van der Waals surface area contributed by atoms with Crippen LogP contribution in [0.3, 0.4) is 0 Å². The molecule has 2 aromatic rings. The molecule has 0 radical (unpaired) electrons. The number of rotatable bonds is 4. The monoisotopic (exact) mass is 288 g/mol. The highest BCUT2D eigenvalue weighted by atomic mass is 32.1. The number of aryl methyl sites for hydroxylation is 1. The molecule has 1 heterocycles. The zero-order valence-electron chi connectivity index (χ0n) is 11.0. The molecule has 0 saturated carbocycles. The van der Waals surface area contributed by atoms with Crippen molar-refractivity contribution >= 4 is 16.3 Å². The third kappa shape index (κ3) is 2.73. The number of nitrogens with zero attached hydrogens (tertiary/aromatic N) is 1. The van der Waals surface area contributed by atoms with Crippen molar-refractivity contribution in [3.8, 4) is 0 Å². The minimum absolute atomic E-state index is 0.214. The van der Waals surface area contributed by atoms with Crippen LogP contribution in [0.5, 0.6) is 0 Å². The molecule has 5 heteroatoms. The number of nitrogens with one attached hydrogen (secondary N) is 1. The van der Waals surface area contributed by atoms with Crippen molar-refractivity contribution in [3.05, 3.63) is 62.5 Å². The minimum atomic E-state index is -0.329. The molecule has 20 heavy (non-hydrogen) atoms. The second kappa shape index (κ2) is 5.73. The van der Waals surface area contributed by atoms with Crippen molar-refractivity contribution in [2.24, 2.45) is 0 Å². The second-order valence-electron chi connectivity index (χ2n) is 5.02. The van der Waals surface area contributed by atoms with Crippen LogP contribution in [-0.2, 0) is 13.0 Å². The minimum Gasteiger partial charge on any atom is -0.305 e. The first kappa shape index (κ1) is 13.3. The maximum absolute atomic E-state index is 10.7. The van der Waals surface area contributed by atoms with Crippen molar-refractivity contribution in [3.63, 3.8) is 0 Å². The van der Waals surface area contributed by atoms with E-state index in [1.54, 1.807) is 6.07 Å². The molecule has 1 aromatic heterocycles. The molecule has 4 nitrogen and oxygen atoms in total. The summed E-state index contributed by atoms with van der Waals surface area (Å²) >= 11 is 1.25. The third-order valence-corrected chi connectivity index (χ3v) is 4.76. The quantitative estimate of drug-likeness (QED) is 0.687. The summed E-state index contributed by atoms with van der Waals surface area (Å²) in [6.45, 7) is 0.692. The zero-order chi connectivity index (χ0) is 13.9. The topological polar surface area (TPSA) is 55.2 Å². The maximum atomic E-state index is 10.7. The van der Waals surface area contributed by atoms with Crippen molar-refractivity contribution in [1.82, 2.24) is 5.32 Å². The van der Waals surface area contributed by atoms with Gasteiger partial charge in [0.15, 0.2) is 0 Å². The molecule has 1 unspecified atom stereocenters. The van der Waals surface area contributed by atoms with Crippen LogP contribution in [0.2, 0.25) is 0 Å². The Morgan fingerprint density at radius 1 is 1.30 bits per heavy atom. The van der Waals surface area contributed by atoms with Crippen LogP contribution in [0.15, 0.2) is 36.4 Å². The standard InChI is InChI=1S/C15H16N2O2S/c18-17(19)15-9-8-12(20-15)10-16-14-7-3-5-11-4-1-2-6-13(11)14/h1-2,4,6,8-9,14,16H,3,5,7,10H2. The predicted molar refractivity (Wildman–Crippen MR) is 79.9 cm³/mol. The largest absolute Gasteiger partial charge is 0.324 e. The van der Waals surface area contributed by atoms with Crippen LogP contribution in [0, 0.1) is 10.1 Å². The van der Waals surface area contributed by atoms with Gasteiger partial charge in [0, 0.05) is 23.5 Å². The highest BCUT2D eigenvalue weighted by Gasteiger charge is 2.19. The molecule has 1 atom stereocenters. The van der Waals surface area contributed by atoms with Crippen LogP contribution in [-0.4, -0.2) is 4.92 Å². The van der Waals surface area contributed by atoms with E-state index in [1.165, 1.54) is 28.9 Å². The highest BCUT2D eigenvalue weighted by Crippen LogP contribution is 2.30. The number of hydrogen-bond donors (Lipinski definition) is 1. The van der Waals surface area contributed by atoms with Gasteiger partial charge >= 0.3 is 5.00 Å². The number of thiophene rings is 1.